The molecular weight excluding hydrogens is 474 g/mol. The van der Waals surface area contributed by atoms with Gasteiger partial charge in [0.05, 0.1) is 19.5 Å². The maximum Gasteiger partial charge on any atom is 0.243 e. The molecule has 37 heavy (non-hydrogen) atoms. The van der Waals surface area contributed by atoms with E-state index < -0.39 is 0 Å². The van der Waals surface area contributed by atoms with Crippen LogP contribution in [0.2, 0.25) is 0 Å². The lowest BCUT2D eigenvalue weighted by atomic mass is 10.1. The number of ether oxygens (including phenoxy) is 1. The lowest BCUT2D eigenvalue weighted by Crippen LogP contribution is -2.37. The third-order valence-corrected chi connectivity index (χ3v) is 6.36. The Bertz CT molecular complexity index is 1220. The number of amides is 2. The number of hydroxylamine groups is 1. The van der Waals surface area contributed by atoms with Crippen molar-refractivity contribution in [1.29, 1.82) is 0 Å². The van der Waals surface area contributed by atoms with Crippen LogP contribution in [0.25, 0.3) is 22.6 Å². The minimum atomic E-state index is -0.383. The van der Waals surface area contributed by atoms with Gasteiger partial charge < -0.3 is 19.5 Å². The summed E-state index contributed by atoms with van der Waals surface area (Å²) >= 11 is 0. The molecule has 4 rings (SSSR count). The molecule has 3 aromatic rings. The molecule has 3 N–H and O–H groups in total. The summed E-state index contributed by atoms with van der Waals surface area (Å²) in [5.74, 6) is 0.938. The molecule has 2 aromatic heterocycles. The molecule has 0 spiro atoms. The third kappa shape index (κ3) is 6.80. The van der Waals surface area contributed by atoms with Gasteiger partial charge in [-0.3, -0.25) is 14.8 Å². The molecule has 198 valence electrons. The number of unbranched alkanes of at least 4 members (excludes halogenated alkanes) is 3. The van der Waals surface area contributed by atoms with Crippen LogP contribution < -0.4 is 15.7 Å². The summed E-state index contributed by atoms with van der Waals surface area (Å²) in [6.07, 6.45) is 5.58. The second kappa shape index (κ2) is 12.6. The Hall–Kier alpha value is -3.57. The van der Waals surface area contributed by atoms with Crippen molar-refractivity contribution in [1.82, 2.24) is 25.0 Å². The van der Waals surface area contributed by atoms with Crippen molar-refractivity contribution in [2.24, 2.45) is 0 Å². The number of fused-ring (bicyclic) bond motifs is 1. The van der Waals surface area contributed by atoms with Crippen molar-refractivity contribution >= 4 is 34.5 Å². The molecule has 0 bridgehead atoms. The van der Waals surface area contributed by atoms with Crippen LogP contribution in [-0.4, -0.2) is 62.8 Å². The first-order valence-electron chi connectivity index (χ1n) is 12.9. The first-order chi connectivity index (χ1) is 18.0. The highest BCUT2D eigenvalue weighted by Crippen LogP contribution is 2.29. The van der Waals surface area contributed by atoms with Gasteiger partial charge in [-0.15, -0.1) is 0 Å². The number of benzene rings is 1. The second-order valence-corrected chi connectivity index (χ2v) is 9.47. The van der Waals surface area contributed by atoms with E-state index in [0.717, 1.165) is 54.9 Å². The smallest absolute Gasteiger partial charge is 0.243 e. The van der Waals surface area contributed by atoms with E-state index in [0.29, 0.717) is 37.6 Å². The highest BCUT2D eigenvalue weighted by Gasteiger charge is 2.22. The molecule has 1 aliphatic rings. The van der Waals surface area contributed by atoms with Gasteiger partial charge in [0.15, 0.2) is 22.8 Å². The SMILES string of the molecule is CC(C)n1cnc2c(N3CCOCC3)nc(-c3cccc(NC(=O)CCCCCCC(=O)NO)c3)nc21. The molecule has 0 aliphatic carbocycles. The van der Waals surface area contributed by atoms with Crippen LogP contribution in [0, 0.1) is 0 Å². The number of imidazole rings is 1. The number of morpholine rings is 1. The zero-order chi connectivity index (χ0) is 26.2. The molecule has 2 amide bonds. The van der Waals surface area contributed by atoms with Crippen LogP contribution in [0.15, 0.2) is 30.6 Å². The molecule has 3 heterocycles. The van der Waals surface area contributed by atoms with Gasteiger partial charge in [-0.05, 0) is 38.8 Å². The Balaban J connectivity index is 1.47. The zero-order valence-corrected chi connectivity index (χ0v) is 21.4. The Morgan fingerprint density at radius 1 is 1.05 bits per heavy atom. The summed E-state index contributed by atoms with van der Waals surface area (Å²) in [6, 6.07) is 7.78. The number of nitrogens with zero attached hydrogens (tertiary/aromatic N) is 5. The minimum absolute atomic E-state index is 0.0616. The normalized spacial score (nSPS) is 13.8. The first-order valence-corrected chi connectivity index (χ1v) is 12.9. The van der Waals surface area contributed by atoms with E-state index in [1.807, 2.05) is 35.2 Å². The number of rotatable bonds is 11. The molecular formula is C26H35N7O4. The summed E-state index contributed by atoms with van der Waals surface area (Å²) in [7, 11) is 0. The number of carbonyl (C=O) groups is 2. The van der Waals surface area contributed by atoms with Crippen molar-refractivity contribution in [3.8, 4) is 11.4 Å². The Kier molecular flexibility index (Phi) is 9.02. The van der Waals surface area contributed by atoms with Crippen molar-refractivity contribution in [3.63, 3.8) is 0 Å². The number of aromatic nitrogens is 4. The fourth-order valence-electron chi connectivity index (χ4n) is 4.34. The maximum atomic E-state index is 12.5. The zero-order valence-electron chi connectivity index (χ0n) is 21.4. The van der Waals surface area contributed by atoms with Crippen LogP contribution in [0.4, 0.5) is 11.5 Å². The third-order valence-electron chi connectivity index (χ3n) is 6.36. The summed E-state index contributed by atoms with van der Waals surface area (Å²) in [6.45, 7) is 6.96. The predicted octanol–water partition coefficient (Wildman–Crippen LogP) is 3.70. The van der Waals surface area contributed by atoms with Gasteiger partial charge in [0.2, 0.25) is 11.8 Å². The van der Waals surface area contributed by atoms with Gasteiger partial charge >= 0.3 is 0 Å². The molecule has 0 unspecified atom stereocenters. The van der Waals surface area contributed by atoms with Gasteiger partial charge in [-0.2, -0.15) is 0 Å². The van der Waals surface area contributed by atoms with Gasteiger partial charge in [-0.25, -0.2) is 20.4 Å². The predicted molar refractivity (Wildman–Crippen MR) is 140 cm³/mol. The van der Waals surface area contributed by atoms with Crippen LogP contribution in [0.5, 0.6) is 0 Å². The summed E-state index contributed by atoms with van der Waals surface area (Å²) in [5.41, 5.74) is 4.70. The monoisotopic (exact) mass is 509 g/mol. The first kappa shape index (κ1) is 26.5. The standard InChI is InChI=1S/C26H35N7O4/c1-18(2)33-17-27-23-25(32-12-14-37-15-13-32)29-24(30-26(23)33)19-8-7-9-20(16-19)28-21(34)10-5-3-4-6-11-22(35)31-36/h7-9,16-18,36H,3-6,10-15H2,1-2H3,(H,28,34)(H,31,35). The number of nitrogens with one attached hydrogen (secondary N) is 2. The molecule has 1 aliphatic heterocycles. The largest absolute Gasteiger partial charge is 0.378 e. The van der Waals surface area contributed by atoms with E-state index in [4.69, 9.17) is 19.9 Å². The van der Waals surface area contributed by atoms with E-state index in [2.05, 4.69) is 29.0 Å². The molecule has 1 aromatic carbocycles. The Morgan fingerprint density at radius 3 is 2.49 bits per heavy atom. The molecule has 1 fully saturated rings. The molecule has 11 heteroatoms. The Labute approximate surface area is 216 Å². The topological polar surface area (TPSA) is 134 Å². The molecule has 0 saturated carbocycles. The summed E-state index contributed by atoms with van der Waals surface area (Å²) < 4.78 is 7.58. The van der Waals surface area contributed by atoms with Gasteiger partial charge in [0, 0.05) is 43.2 Å². The van der Waals surface area contributed by atoms with E-state index in [1.165, 1.54) is 0 Å². The van der Waals surface area contributed by atoms with Gasteiger partial charge in [-0.1, -0.05) is 25.0 Å². The summed E-state index contributed by atoms with van der Waals surface area (Å²) in [4.78, 5) is 40.1. The number of carbonyl (C=O) groups excluding carboxylic acids is 2. The second-order valence-electron chi connectivity index (χ2n) is 9.47. The number of hydrogen-bond acceptors (Lipinski definition) is 8. The van der Waals surface area contributed by atoms with Crippen molar-refractivity contribution in [2.45, 2.75) is 58.4 Å². The molecule has 0 radical (unpaired) electrons. The minimum Gasteiger partial charge on any atom is -0.378 e. The van der Waals surface area contributed by atoms with Crippen LogP contribution in [-0.2, 0) is 14.3 Å². The van der Waals surface area contributed by atoms with Crippen molar-refractivity contribution in [2.75, 3.05) is 36.5 Å². The average Bonchev–Trinajstić information content (AvgIpc) is 3.35. The van der Waals surface area contributed by atoms with Crippen molar-refractivity contribution in [3.05, 3.63) is 30.6 Å². The molecule has 1 saturated heterocycles. The van der Waals surface area contributed by atoms with Gasteiger partial charge in [0.25, 0.3) is 0 Å². The van der Waals surface area contributed by atoms with Crippen molar-refractivity contribution < 1.29 is 19.5 Å². The average molecular weight is 510 g/mol. The van der Waals surface area contributed by atoms with E-state index >= 15 is 0 Å². The molecule has 0 atom stereocenters. The quantitative estimate of drug-likeness (QED) is 0.202. The Morgan fingerprint density at radius 2 is 1.78 bits per heavy atom. The van der Waals surface area contributed by atoms with E-state index in [-0.39, 0.29) is 24.3 Å². The highest BCUT2D eigenvalue weighted by atomic mass is 16.5. The number of hydrogen-bond donors (Lipinski definition) is 3. The summed E-state index contributed by atoms with van der Waals surface area (Å²) in [5, 5.41) is 11.5. The van der Waals surface area contributed by atoms with Crippen LogP contribution >= 0.6 is 0 Å². The van der Waals surface area contributed by atoms with Crippen LogP contribution in [0.3, 0.4) is 0 Å². The number of anilines is 2. The lowest BCUT2D eigenvalue weighted by molar-refractivity contribution is -0.129. The highest BCUT2D eigenvalue weighted by molar-refractivity contribution is 5.91. The van der Waals surface area contributed by atoms with Crippen LogP contribution in [0.1, 0.15) is 58.4 Å². The fraction of sp³-hybridized carbons (Fsp3) is 0.500. The van der Waals surface area contributed by atoms with Gasteiger partial charge in [0.1, 0.15) is 0 Å². The van der Waals surface area contributed by atoms with E-state index in [1.54, 1.807) is 5.48 Å². The maximum absolute atomic E-state index is 12.5. The molecule has 11 nitrogen and oxygen atoms in total. The fourth-order valence-corrected chi connectivity index (χ4v) is 4.34. The lowest BCUT2D eigenvalue weighted by Gasteiger charge is -2.28. The van der Waals surface area contributed by atoms with E-state index in [9.17, 15) is 9.59 Å².